The Kier molecular flexibility index (Phi) is 5.53. The molecule has 0 N–H and O–H groups in total. The van der Waals surface area contributed by atoms with Gasteiger partial charge >= 0.3 is 5.97 Å². The largest absolute Gasteiger partial charge is 0.462 e. The maximum atomic E-state index is 12.6. The molecule has 2 saturated heterocycles. The van der Waals surface area contributed by atoms with E-state index in [1.54, 1.807) is 13.1 Å². The van der Waals surface area contributed by atoms with Crippen LogP contribution in [0, 0.1) is 29.6 Å². The summed E-state index contributed by atoms with van der Waals surface area (Å²) in [4.78, 5) is 35.4. The number of nitrogens with zero attached hydrogens (tertiary/aromatic N) is 3. The maximum absolute atomic E-state index is 12.6. The molecule has 0 aromatic carbocycles. The lowest BCUT2D eigenvalue weighted by atomic mass is 9.59. The Labute approximate surface area is 188 Å². The first-order valence-corrected chi connectivity index (χ1v) is 11.5. The van der Waals surface area contributed by atoms with Crippen molar-refractivity contribution in [1.29, 1.82) is 0 Å². The van der Waals surface area contributed by atoms with Crippen molar-refractivity contribution >= 4 is 18.0 Å². The third kappa shape index (κ3) is 3.83. The van der Waals surface area contributed by atoms with E-state index in [0.717, 1.165) is 42.9 Å². The van der Waals surface area contributed by atoms with Crippen LogP contribution in [-0.2, 0) is 14.3 Å². The fraction of sp³-hybridized carbons (Fsp3) is 0.462. The number of hydrogen-bond acceptors (Lipinski definition) is 5. The van der Waals surface area contributed by atoms with Crippen LogP contribution in [0.4, 0.5) is 0 Å². The van der Waals surface area contributed by atoms with E-state index in [1.165, 1.54) is 0 Å². The molecule has 0 spiro atoms. The molecule has 6 atom stereocenters. The van der Waals surface area contributed by atoms with Crippen molar-refractivity contribution in [1.82, 2.24) is 14.9 Å². The summed E-state index contributed by atoms with van der Waals surface area (Å²) in [5.41, 5.74) is 2.78. The number of piperidine rings is 1. The number of pyridine rings is 2. The van der Waals surface area contributed by atoms with Gasteiger partial charge in [-0.05, 0) is 67.9 Å². The number of esters is 1. The molecular formula is C26H29N3O3. The minimum absolute atomic E-state index is 0.0721. The van der Waals surface area contributed by atoms with Gasteiger partial charge in [0.05, 0.1) is 17.3 Å². The van der Waals surface area contributed by atoms with Crippen LogP contribution in [0.25, 0.3) is 17.3 Å². The van der Waals surface area contributed by atoms with Crippen LogP contribution in [-0.4, -0.2) is 45.9 Å². The van der Waals surface area contributed by atoms with Gasteiger partial charge in [-0.1, -0.05) is 12.1 Å². The summed E-state index contributed by atoms with van der Waals surface area (Å²) in [5.74, 6) is 1.19. The van der Waals surface area contributed by atoms with Crippen LogP contribution < -0.4 is 0 Å². The fourth-order valence-electron chi connectivity index (χ4n) is 6.04. The quantitative estimate of drug-likeness (QED) is 0.691. The topological polar surface area (TPSA) is 72.4 Å². The third-order valence-electron chi connectivity index (χ3n) is 7.58. The zero-order valence-corrected chi connectivity index (χ0v) is 18.6. The average molecular weight is 432 g/mol. The van der Waals surface area contributed by atoms with E-state index in [4.69, 9.17) is 4.74 Å². The van der Waals surface area contributed by atoms with Crippen LogP contribution >= 0.6 is 0 Å². The lowest BCUT2D eigenvalue weighted by molar-refractivity contribution is -0.144. The molecule has 1 saturated carbocycles. The summed E-state index contributed by atoms with van der Waals surface area (Å²) in [6.07, 6.45) is 9.68. The van der Waals surface area contributed by atoms with Crippen molar-refractivity contribution in [3.8, 4) is 11.3 Å². The van der Waals surface area contributed by atoms with Crippen molar-refractivity contribution < 1.29 is 14.3 Å². The third-order valence-corrected chi connectivity index (χ3v) is 7.58. The summed E-state index contributed by atoms with van der Waals surface area (Å²) < 4.78 is 5.66. The Morgan fingerprint density at radius 3 is 2.81 bits per heavy atom. The molecule has 1 aliphatic carbocycles. The summed E-state index contributed by atoms with van der Waals surface area (Å²) >= 11 is 0. The summed E-state index contributed by atoms with van der Waals surface area (Å²) in [7, 11) is 0. The van der Waals surface area contributed by atoms with Gasteiger partial charge in [-0.15, -0.1) is 0 Å². The minimum Gasteiger partial charge on any atom is -0.462 e. The SMILES string of the molecule is CC(=O)N1CC[C@@H]2[C@H](C[C@H]3C(=O)O[C@H](C)[C@H]3[C@H]2/C=C/c2ccc(-c3ccccn3)cn2)C1. The van der Waals surface area contributed by atoms with E-state index < -0.39 is 0 Å². The normalized spacial score (nSPS) is 31.8. The number of likely N-dealkylation sites (tertiary alicyclic amines) is 1. The molecule has 32 heavy (non-hydrogen) atoms. The second-order valence-electron chi connectivity index (χ2n) is 9.36. The number of aromatic nitrogens is 2. The molecule has 5 rings (SSSR count). The minimum atomic E-state index is -0.0766. The lowest BCUT2D eigenvalue weighted by Gasteiger charge is -2.48. The molecule has 2 aromatic rings. The highest BCUT2D eigenvalue weighted by atomic mass is 16.6. The van der Waals surface area contributed by atoms with Crippen LogP contribution in [0.2, 0.25) is 0 Å². The number of allylic oxidation sites excluding steroid dienone is 1. The molecule has 2 aliphatic heterocycles. The molecule has 6 heteroatoms. The number of hydrogen-bond donors (Lipinski definition) is 0. The summed E-state index contributed by atoms with van der Waals surface area (Å²) in [6.45, 7) is 5.19. The zero-order chi connectivity index (χ0) is 22.2. The van der Waals surface area contributed by atoms with Crippen LogP contribution in [0.5, 0.6) is 0 Å². The van der Waals surface area contributed by atoms with Gasteiger partial charge < -0.3 is 9.64 Å². The molecule has 3 fully saturated rings. The van der Waals surface area contributed by atoms with Crippen molar-refractivity contribution in [2.45, 2.75) is 32.8 Å². The zero-order valence-electron chi connectivity index (χ0n) is 18.6. The van der Waals surface area contributed by atoms with E-state index in [1.807, 2.05) is 48.4 Å². The Morgan fingerprint density at radius 2 is 2.09 bits per heavy atom. The van der Waals surface area contributed by atoms with Crippen LogP contribution in [0.15, 0.2) is 48.8 Å². The number of carbonyl (C=O) groups excluding carboxylic acids is 2. The van der Waals surface area contributed by atoms with Gasteiger partial charge in [0.25, 0.3) is 0 Å². The Hall–Kier alpha value is -3.02. The molecule has 0 unspecified atom stereocenters. The van der Waals surface area contributed by atoms with Gasteiger partial charge in [0.2, 0.25) is 5.91 Å². The standard InChI is InChI=1S/C26H29N3O3/c1-16-25-22(9-8-20-7-6-18(14-28-20)24-5-3-4-11-27-24)21-10-12-29(17(2)30)15-19(21)13-23(25)26(31)32-16/h3-9,11,14,16,19,21-23,25H,10,12-13,15H2,1-2H3/b9-8+/t16-,19-,21-,22+,23-,25+/m1/s1. The van der Waals surface area contributed by atoms with E-state index in [9.17, 15) is 9.59 Å². The lowest BCUT2D eigenvalue weighted by Crippen LogP contribution is -2.51. The highest BCUT2D eigenvalue weighted by molar-refractivity contribution is 5.76. The molecule has 6 nitrogen and oxygen atoms in total. The van der Waals surface area contributed by atoms with Crippen LogP contribution in [0.3, 0.4) is 0 Å². The number of amides is 1. The molecule has 0 radical (unpaired) electrons. The molecule has 2 aromatic heterocycles. The first-order valence-electron chi connectivity index (χ1n) is 11.5. The summed E-state index contributed by atoms with van der Waals surface area (Å²) in [5, 5.41) is 0. The molecule has 0 bridgehead atoms. The smallest absolute Gasteiger partial charge is 0.309 e. The van der Waals surface area contributed by atoms with Crippen LogP contribution in [0.1, 0.15) is 32.4 Å². The highest BCUT2D eigenvalue weighted by Gasteiger charge is 2.54. The van der Waals surface area contributed by atoms with Crippen molar-refractivity contribution in [3.05, 3.63) is 54.5 Å². The van der Waals surface area contributed by atoms with E-state index >= 15 is 0 Å². The number of ether oxygens (including phenoxy) is 1. The molecule has 4 heterocycles. The monoisotopic (exact) mass is 431 g/mol. The Balaban J connectivity index is 1.39. The molecule has 3 aliphatic rings. The Morgan fingerprint density at radius 1 is 1.22 bits per heavy atom. The fourth-order valence-corrected chi connectivity index (χ4v) is 6.04. The van der Waals surface area contributed by atoms with E-state index in [0.29, 0.717) is 11.8 Å². The molecule has 1 amide bonds. The predicted octanol–water partition coefficient (Wildman–Crippen LogP) is 3.84. The number of fused-ring (bicyclic) bond motifs is 2. The van der Waals surface area contributed by atoms with E-state index in [-0.39, 0.29) is 35.7 Å². The highest BCUT2D eigenvalue weighted by Crippen LogP contribution is 2.51. The van der Waals surface area contributed by atoms with Crippen molar-refractivity contribution in [2.24, 2.45) is 29.6 Å². The second kappa shape index (κ2) is 8.49. The second-order valence-corrected chi connectivity index (χ2v) is 9.36. The van der Waals surface area contributed by atoms with Gasteiger partial charge in [-0.25, -0.2) is 0 Å². The maximum Gasteiger partial charge on any atom is 0.309 e. The van der Waals surface area contributed by atoms with E-state index in [2.05, 4.69) is 22.1 Å². The van der Waals surface area contributed by atoms with Gasteiger partial charge in [0.1, 0.15) is 6.10 Å². The predicted molar refractivity (Wildman–Crippen MR) is 121 cm³/mol. The van der Waals surface area contributed by atoms with Gasteiger partial charge in [0, 0.05) is 43.9 Å². The van der Waals surface area contributed by atoms with Crippen molar-refractivity contribution in [3.63, 3.8) is 0 Å². The average Bonchev–Trinajstić information content (AvgIpc) is 3.10. The first kappa shape index (κ1) is 20.9. The number of cyclic esters (lactones) is 1. The molecule has 166 valence electrons. The van der Waals surface area contributed by atoms with Crippen molar-refractivity contribution in [2.75, 3.05) is 13.1 Å². The van der Waals surface area contributed by atoms with Gasteiger partial charge in [-0.3, -0.25) is 19.6 Å². The first-order chi connectivity index (χ1) is 15.5. The number of rotatable bonds is 3. The summed E-state index contributed by atoms with van der Waals surface area (Å²) in [6, 6.07) is 9.89. The van der Waals surface area contributed by atoms with Gasteiger partial charge in [0.15, 0.2) is 0 Å². The molecular weight excluding hydrogens is 402 g/mol. The van der Waals surface area contributed by atoms with Gasteiger partial charge in [-0.2, -0.15) is 0 Å². The Bertz CT molecular complexity index is 1020. The number of carbonyl (C=O) groups is 2.